The van der Waals surface area contributed by atoms with Crippen molar-refractivity contribution >= 4 is 34.7 Å². The van der Waals surface area contributed by atoms with Crippen LogP contribution in [0.1, 0.15) is 35.3 Å². The highest BCUT2D eigenvalue weighted by atomic mass is 32.1. The van der Waals surface area contributed by atoms with E-state index in [2.05, 4.69) is 27.2 Å². The van der Waals surface area contributed by atoms with Crippen LogP contribution in [-0.4, -0.2) is 52.7 Å². The number of nitrogens with two attached hydrogens (primary N) is 1. The number of pyridine rings is 1. The molecule has 3 N–H and O–H groups in total. The number of allylic oxidation sites excluding steroid dienone is 1. The topological polar surface area (TPSA) is 96.5 Å². The van der Waals surface area contributed by atoms with E-state index in [1.807, 2.05) is 4.90 Å². The fourth-order valence-electron chi connectivity index (χ4n) is 2.99. The van der Waals surface area contributed by atoms with E-state index in [1.165, 1.54) is 17.5 Å². The number of carbonyl (C=O) groups is 1. The van der Waals surface area contributed by atoms with Crippen LogP contribution in [0.2, 0.25) is 0 Å². The molecule has 2 aromatic rings. The van der Waals surface area contributed by atoms with Crippen molar-refractivity contribution in [2.45, 2.75) is 25.8 Å². The maximum absolute atomic E-state index is 13.0. The summed E-state index contributed by atoms with van der Waals surface area (Å²) in [6.45, 7) is 4.61. The van der Waals surface area contributed by atoms with Crippen molar-refractivity contribution in [3.8, 4) is 0 Å². The van der Waals surface area contributed by atoms with Crippen molar-refractivity contribution in [1.82, 2.24) is 20.2 Å². The van der Waals surface area contributed by atoms with Gasteiger partial charge < -0.3 is 16.0 Å². The summed E-state index contributed by atoms with van der Waals surface area (Å²) in [5, 5.41) is 5.80. The second-order valence-corrected chi connectivity index (χ2v) is 7.13. The lowest BCUT2D eigenvalue weighted by molar-refractivity contribution is 0.0687. The lowest BCUT2D eigenvalue weighted by Crippen LogP contribution is -2.42. The molecule has 0 bridgehead atoms. The van der Waals surface area contributed by atoms with E-state index >= 15 is 0 Å². The Morgan fingerprint density at radius 2 is 2.30 bits per heavy atom. The molecule has 7 nitrogen and oxygen atoms in total. The second-order valence-electron chi connectivity index (χ2n) is 6.27. The van der Waals surface area contributed by atoms with E-state index < -0.39 is 0 Å². The molecule has 0 radical (unpaired) electrons. The Labute approximate surface area is 163 Å². The summed E-state index contributed by atoms with van der Waals surface area (Å²) in [5.41, 5.74) is 7.68. The molecule has 2 aromatic heterocycles. The largest absolute Gasteiger partial charge is 0.404 e. The van der Waals surface area contributed by atoms with Crippen molar-refractivity contribution in [3.63, 3.8) is 0 Å². The van der Waals surface area contributed by atoms with Gasteiger partial charge in [-0.1, -0.05) is 6.92 Å². The summed E-state index contributed by atoms with van der Waals surface area (Å²) < 4.78 is 0. The Hall–Kier alpha value is -2.58. The molecule has 1 fully saturated rings. The third kappa shape index (κ3) is 4.78. The van der Waals surface area contributed by atoms with Crippen molar-refractivity contribution in [2.75, 3.05) is 19.6 Å². The van der Waals surface area contributed by atoms with Crippen LogP contribution in [0.3, 0.4) is 0 Å². The first-order valence-electron chi connectivity index (χ1n) is 9.06. The van der Waals surface area contributed by atoms with E-state index in [-0.39, 0.29) is 11.9 Å². The van der Waals surface area contributed by atoms with Gasteiger partial charge in [0.15, 0.2) is 0 Å². The van der Waals surface area contributed by atoms with Gasteiger partial charge in [-0.15, -0.1) is 11.3 Å². The van der Waals surface area contributed by atoms with Crippen molar-refractivity contribution in [3.05, 3.63) is 46.8 Å². The number of hydrogen-bond acceptors (Lipinski definition) is 7. The molecule has 0 aromatic carbocycles. The molecular formula is C19H24N6OS. The summed E-state index contributed by atoms with van der Waals surface area (Å²) >= 11 is 1.40. The van der Waals surface area contributed by atoms with Crippen molar-refractivity contribution < 1.29 is 4.79 Å². The van der Waals surface area contributed by atoms with E-state index in [1.54, 1.807) is 36.1 Å². The summed E-state index contributed by atoms with van der Waals surface area (Å²) in [7, 11) is 0. The summed E-state index contributed by atoms with van der Waals surface area (Å²) in [6, 6.07) is 3.85. The van der Waals surface area contributed by atoms with Crippen LogP contribution in [-0.2, 0) is 0 Å². The highest BCUT2D eigenvalue weighted by molar-refractivity contribution is 7.11. The smallest absolute Gasteiger partial charge is 0.273 e. The molecule has 0 aliphatic carbocycles. The minimum Gasteiger partial charge on any atom is -0.404 e. The monoisotopic (exact) mass is 384 g/mol. The summed E-state index contributed by atoms with van der Waals surface area (Å²) in [6.07, 6.45) is 8.38. The molecule has 3 rings (SSSR count). The van der Waals surface area contributed by atoms with E-state index in [4.69, 9.17) is 5.73 Å². The lowest BCUT2D eigenvalue weighted by Gasteiger charge is -2.27. The average molecular weight is 385 g/mol. The Balaban J connectivity index is 1.75. The van der Waals surface area contributed by atoms with E-state index in [9.17, 15) is 4.79 Å². The molecule has 1 amide bonds. The minimum atomic E-state index is -0.0181. The van der Waals surface area contributed by atoms with Gasteiger partial charge in [-0.3, -0.25) is 14.8 Å². The summed E-state index contributed by atoms with van der Waals surface area (Å²) in [5.74, 6) is -0.0181. The highest BCUT2D eigenvalue weighted by Gasteiger charge is 2.28. The van der Waals surface area contributed by atoms with Gasteiger partial charge in [0.2, 0.25) is 0 Å². The molecule has 8 heteroatoms. The second kappa shape index (κ2) is 9.38. The molecule has 1 saturated heterocycles. The molecule has 0 unspecified atom stereocenters. The standard InChI is InChI=1S/C19H24N6OS/c1-2-9-25(16-5-8-22-12-16)19(26)17-13-27-18(24-17)14(10-20)11-23-15-3-6-21-7-4-15/h3-4,6-7,10-11,13,16,22H,2,5,8-9,12,20H2,1H3/b14-10+,23-11?/t16-/m1/s1. The van der Waals surface area contributed by atoms with Crippen molar-refractivity contribution in [2.24, 2.45) is 10.7 Å². The van der Waals surface area contributed by atoms with Gasteiger partial charge in [-0.2, -0.15) is 0 Å². The predicted molar refractivity (Wildman–Crippen MR) is 109 cm³/mol. The van der Waals surface area contributed by atoms with Crippen LogP contribution in [0.15, 0.2) is 41.1 Å². The fourth-order valence-corrected chi connectivity index (χ4v) is 3.78. The van der Waals surface area contributed by atoms with Gasteiger partial charge in [0, 0.05) is 54.9 Å². The van der Waals surface area contributed by atoms with Gasteiger partial charge >= 0.3 is 0 Å². The molecule has 0 saturated carbocycles. The third-order valence-corrected chi connectivity index (χ3v) is 5.26. The fraction of sp³-hybridized carbons (Fsp3) is 0.368. The van der Waals surface area contributed by atoms with Gasteiger partial charge in [-0.05, 0) is 31.5 Å². The number of nitrogens with zero attached hydrogens (tertiary/aromatic N) is 4. The van der Waals surface area contributed by atoms with Crippen LogP contribution >= 0.6 is 11.3 Å². The number of hydrogen-bond donors (Lipinski definition) is 2. The Morgan fingerprint density at radius 1 is 1.48 bits per heavy atom. The van der Waals surface area contributed by atoms with Gasteiger partial charge in [-0.25, -0.2) is 4.98 Å². The van der Waals surface area contributed by atoms with Crippen molar-refractivity contribution in [1.29, 1.82) is 0 Å². The number of rotatable bonds is 7. The molecule has 1 atom stereocenters. The first-order valence-corrected chi connectivity index (χ1v) is 9.94. The zero-order chi connectivity index (χ0) is 19.1. The number of aromatic nitrogens is 2. The zero-order valence-corrected chi connectivity index (χ0v) is 16.2. The molecule has 1 aliphatic heterocycles. The number of aliphatic imine (C=N–C) groups is 1. The Morgan fingerprint density at radius 3 is 2.96 bits per heavy atom. The minimum absolute atomic E-state index is 0.0181. The van der Waals surface area contributed by atoms with Crippen LogP contribution < -0.4 is 11.1 Å². The maximum atomic E-state index is 13.0. The number of thiazole rings is 1. The SMILES string of the molecule is CCCN(C(=O)c1csc(/C(C=Nc2ccncc2)=C/N)n1)[C@@H]1CCNC1. The van der Waals surface area contributed by atoms with Crippen LogP contribution in [0.25, 0.3) is 5.57 Å². The number of amides is 1. The third-order valence-electron chi connectivity index (χ3n) is 4.37. The molecule has 0 spiro atoms. The quantitative estimate of drug-likeness (QED) is 0.715. The average Bonchev–Trinajstić information content (AvgIpc) is 3.39. The predicted octanol–water partition coefficient (Wildman–Crippen LogP) is 2.45. The lowest BCUT2D eigenvalue weighted by atomic mass is 10.2. The van der Waals surface area contributed by atoms with Gasteiger partial charge in [0.25, 0.3) is 5.91 Å². The van der Waals surface area contributed by atoms with E-state index in [0.717, 1.165) is 38.2 Å². The van der Waals surface area contributed by atoms with Gasteiger partial charge in [0.1, 0.15) is 10.7 Å². The molecule has 142 valence electrons. The molecule has 3 heterocycles. The van der Waals surface area contributed by atoms with Crippen LogP contribution in [0, 0.1) is 0 Å². The number of nitrogens with one attached hydrogen (secondary N) is 1. The molecular weight excluding hydrogens is 360 g/mol. The number of carbonyl (C=O) groups excluding carboxylic acids is 1. The zero-order valence-electron chi connectivity index (χ0n) is 15.3. The first-order chi connectivity index (χ1) is 13.2. The highest BCUT2D eigenvalue weighted by Crippen LogP contribution is 2.21. The van der Waals surface area contributed by atoms with E-state index in [0.29, 0.717) is 16.3 Å². The van der Waals surface area contributed by atoms with Crippen LogP contribution in [0.5, 0.6) is 0 Å². The maximum Gasteiger partial charge on any atom is 0.273 e. The van der Waals surface area contributed by atoms with Crippen LogP contribution in [0.4, 0.5) is 5.69 Å². The summed E-state index contributed by atoms with van der Waals surface area (Å²) in [4.78, 5) is 27.8. The Kier molecular flexibility index (Phi) is 6.67. The molecule has 1 aliphatic rings. The first kappa shape index (κ1) is 19.2. The Bertz CT molecular complexity index is 811. The molecule has 27 heavy (non-hydrogen) atoms. The van der Waals surface area contributed by atoms with Gasteiger partial charge in [0.05, 0.1) is 5.69 Å². The normalized spacial score (nSPS) is 17.5.